The summed E-state index contributed by atoms with van der Waals surface area (Å²) in [4.78, 5) is 0. The fraction of sp³-hybridized carbons (Fsp3) is 0.625. The molecule has 0 aromatic heterocycles. The van der Waals surface area contributed by atoms with Crippen LogP contribution >= 0.6 is 0 Å². The summed E-state index contributed by atoms with van der Waals surface area (Å²) in [5.74, 6) is 1.19. The predicted molar refractivity (Wildman–Crippen MR) is 75.7 cm³/mol. The molecule has 1 fully saturated rings. The van der Waals surface area contributed by atoms with E-state index >= 15 is 0 Å². The highest BCUT2D eigenvalue weighted by Crippen LogP contribution is 2.29. The maximum Gasteiger partial charge on any atom is 0.120 e. The van der Waals surface area contributed by atoms with Crippen LogP contribution in [-0.4, -0.2) is 11.1 Å². The summed E-state index contributed by atoms with van der Waals surface area (Å²) in [6, 6.07) is 8.36. The van der Waals surface area contributed by atoms with Gasteiger partial charge in [-0.25, -0.2) is 0 Å². The Morgan fingerprint density at radius 3 is 2.44 bits per heavy atom. The number of benzene rings is 1. The number of hydrogen-bond acceptors (Lipinski definition) is 2. The first-order valence-electron chi connectivity index (χ1n) is 7.22. The lowest BCUT2D eigenvalue weighted by atomic mass is 9.84. The number of hydrogen-bond donors (Lipinski definition) is 2. The van der Waals surface area contributed by atoms with E-state index in [2.05, 4.69) is 19.2 Å². The molecule has 1 unspecified atom stereocenters. The molecule has 0 heterocycles. The van der Waals surface area contributed by atoms with Crippen LogP contribution in [0.1, 0.15) is 57.6 Å². The molecule has 100 valence electrons. The first-order valence-corrected chi connectivity index (χ1v) is 7.22. The summed E-state index contributed by atoms with van der Waals surface area (Å²) in [7, 11) is 0. The summed E-state index contributed by atoms with van der Waals surface area (Å²) < 4.78 is 0. The lowest BCUT2D eigenvalue weighted by molar-refractivity contribution is 0.267. The van der Waals surface area contributed by atoms with Crippen LogP contribution < -0.4 is 5.32 Å². The Labute approximate surface area is 110 Å². The van der Waals surface area contributed by atoms with Crippen LogP contribution in [0.25, 0.3) is 0 Å². The van der Waals surface area contributed by atoms with Crippen LogP contribution in [0.5, 0.6) is 5.75 Å². The molecule has 1 aromatic rings. The Bertz CT molecular complexity index is 371. The van der Waals surface area contributed by atoms with Crippen molar-refractivity contribution in [1.82, 2.24) is 5.32 Å². The van der Waals surface area contributed by atoms with Crippen molar-refractivity contribution in [3.8, 4) is 5.75 Å². The Kier molecular flexibility index (Phi) is 4.65. The molecule has 0 aliphatic heterocycles. The van der Waals surface area contributed by atoms with Crippen LogP contribution in [0.4, 0.5) is 0 Å². The van der Waals surface area contributed by atoms with E-state index in [-0.39, 0.29) is 6.04 Å². The number of aromatic hydroxyl groups is 1. The van der Waals surface area contributed by atoms with Crippen molar-refractivity contribution < 1.29 is 5.11 Å². The molecule has 2 nitrogen and oxygen atoms in total. The van der Waals surface area contributed by atoms with Crippen LogP contribution in [-0.2, 0) is 0 Å². The highest BCUT2D eigenvalue weighted by molar-refractivity contribution is 5.34. The van der Waals surface area contributed by atoms with Gasteiger partial charge in [0.05, 0.1) is 0 Å². The molecule has 0 bridgehead atoms. The summed E-state index contributed by atoms with van der Waals surface area (Å²) >= 11 is 0. The first kappa shape index (κ1) is 13.4. The lowest BCUT2D eigenvalue weighted by Crippen LogP contribution is -2.36. The molecule has 0 amide bonds. The van der Waals surface area contributed by atoms with E-state index in [1.54, 1.807) is 6.07 Å². The Morgan fingerprint density at radius 1 is 1.11 bits per heavy atom. The molecule has 0 spiro atoms. The molecular formula is C16H25NO. The molecule has 1 aromatic carbocycles. The lowest BCUT2D eigenvalue weighted by Gasteiger charge is -2.31. The number of nitrogens with one attached hydrogen (secondary N) is 1. The van der Waals surface area contributed by atoms with Gasteiger partial charge in [0, 0.05) is 17.6 Å². The SMILES string of the molecule is CC(N[C@@H](C)C1CCCCC1)c1ccccc1O. The van der Waals surface area contributed by atoms with E-state index in [1.807, 2.05) is 18.2 Å². The van der Waals surface area contributed by atoms with Crippen molar-refractivity contribution in [3.63, 3.8) is 0 Å². The van der Waals surface area contributed by atoms with Crippen molar-refractivity contribution >= 4 is 0 Å². The van der Waals surface area contributed by atoms with Crippen molar-refractivity contribution in [3.05, 3.63) is 29.8 Å². The average Bonchev–Trinajstić information content (AvgIpc) is 2.40. The van der Waals surface area contributed by atoms with Gasteiger partial charge in [0.1, 0.15) is 5.75 Å². The third-order valence-electron chi connectivity index (χ3n) is 4.27. The van der Waals surface area contributed by atoms with Crippen molar-refractivity contribution in [2.45, 2.75) is 58.0 Å². The molecule has 1 aliphatic rings. The van der Waals surface area contributed by atoms with E-state index in [9.17, 15) is 5.11 Å². The quantitative estimate of drug-likeness (QED) is 0.842. The van der Waals surface area contributed by atoms with Gasteiger partial charge in [0.25, 0.3) is 0 Å². The standard InChI is InChI=1S/C16H25NO/c1-12(14-8-4-3-5-9-14)17-13(2)15-10-6-7-11-16(15)18/h6-7,10-14,17-18H,3-5,8-9H2,1-2H3/t12-,13?/m0/s1. The molecule has 18 heavy (non-hydrogen) atoms. The molecule has 0 saturated heterocycles. The number of phenols is 1. The minimum Gasteiger partial charge on any atom is -0.508 e. The minimum absolute atomic E-state index is 0.211. The van der Waals surface area contributed by atoms with Gasteiger partial charge in [-0.2, -0.15) is 0 Å². The van der Waals surface area contributed by atoms with Gasteiger partial charge in [-0.15, -0.1) is 0 Å². The second kappa shape index (κ2) is 6.24. The zero-order valence-corrected chi connectivity index (χ0v) is 11.5. The zero-order valence-electron chi connectivity index (χ0n) is 11.5. The topological polar surface area (TPSA) is 32.3 Å². The van der Waals surface area contributed by atoms with Gasteiger partial charge in [0.15, 0.2) is 0 Å². The number of para-hydroxylation sites is 1. The smallest absolute Gasteiger partial charge is 0.120 e. The maximum atomic E-state index is 9.86. The van der Waals surface area contributed by atoms with Crippen molar-refractivity contribution in [2.75, 3.05) is 0 Å². The van der Waals surface area contributed by atoms with Crippen LogP contribution in [0, 0.1) is 5.92 Å². The minimum atomic E-state index is 0.211. The van der Waals surface area contributed by atoms with Crippen LogP contribution in [0.15, 0.2) is 24.3 Å². The van der Waals surface area contributed by atoms with E-state index < -0.39 is 0 Å². The summed E-state index contributed by atoms with van der Waals surface area (Å²) in [6.07, 6.45) is 6.85. The van der Waals surface area contributed by atoms with Gasteiger partial charge in [-0.1, -0.05) is 37.5 Å². The molecular weight excluding hydrogens is 222 g/mol. The van der Waals surface area contributed by atoms with Gasteiger partial charge in [-0.05, 0) is 38.7 Å². The Morgan fingerprint density at radius 2 is 1.78 bits per heavy atom. The summed E-state index contributed by atoms with van der Waals surface area (Å²) in [6.45, 7) is 4.42. The van der Waals surface area contributed by atoms with E-state index in [1.165, 1.54) is 32.1 Å². The van der Waals surface area contributed by atoms with E-state index in [0.717, 1.165) is 11.5 Å². The number of phenolic OH excluding ortho intramolecular Hbond substituents is 1. The molecule has 1 aliphatic carbocycles. The number of rotatable bonds is 4. The third-order valence-corrected chi connectivity index (χ3v) is 4.27. The second-order valence-corrected chi connectivity index (χ2v) is 5.63. The maximum absolute atomic E-state index is 9.86. The van der Waals surface area contributed by atoms with Crippen molar-refractivity contribution in [2.24, 2.45) is 5.92 Å². The van der Waals surface area contributed by atoms with Crippen molar-refractivity contribution in [1.29, 1.82) is 0 Å². The average molecular weight is 247 g/mol. The summed E-state index contributed by atoms with van der Waals surface area (Å²) in [5.41, 5.74) is 1.00. The van der Waals surface area contributed by atoms with E-state index in [0.29, 0.717) is 11.8 Å². The Hall–Kier alpha value is -1.02. The van der Waals surface area contributed by atoms with Gasteiger partial charge in [0.2, 0.25) is 0 Å². The fourth-order valence-corrected chi connectivity index (χ4v) is 3.11. The molecule has 2 heteroatoms. The highest BCUT2D eigenvalue weighted by Gasteiger charge is 2.22. The predicted octanol–water partition coefficient (Wildman–Crippen LogP) is 4.01. The molecule has 2 atom stereocenters. The monoisotopic (exact) mass is 247 g/mol. The molecule has 1 saturated carbocycles. The third kappa shape index (κ3) is 3.26. The molecule has 2 rings (SSSR count). The Balaban J connectivity index is 1.94. The molecule has 2 N–H and O–H groups in total. The van der Waals surface area contributed by atoms with Crippen LogP contribution in [0.3, 0.4) is 0 Å². The first-order chi connectivity index (χ1) is 8.68. The second-order valence-electron chi connectivity index (χ2n) is 5.63. The van der Waals surface area contributed by atoms with Gasteiger partial charge >= 0.3 is 0 Å². The largest absolute Gasteiger partial charge is 0.508 e. The summed E-state index contributed by atoms with van der Waals surface area (Å²) in [5, 5.41) is 13.5. The van der Waals surface area contributed by atoms with Crippen LogP contribution in [0.2, 0.25) is 0 Å². The normalized spacial score (nSPS) is 20.6. The zero-order chi connectivity index (χ0) is 13.0. The van der Waals surface area contributed by atoms with E-state index in [4.69, 9.17) is 0 Å². The van der Waals surface area contributed by atoms with Gasteiger partial charge in [-0.3, -0.25) is 0 Å². The fourth-order valence-electron chi connectivity index (χ4n) is 3.11. The highest BCUT2D eigenvalue weighted by atomic mass is 16.3. The molecule has 0 radical (unpaired) electrons. The van der Waals surface area contributed by atoms with Gasteiger partial charge < -0.3 is 10.4 Å².